The van der Waals surface area contributed by atoms with E-state index in [9.17, 15) is 18.0 Å². The molecule has 0 fully saturated rings. The second kappa shape index (κ2) is 5.81. The molecule has 0 saturated carbocycles. The number of nitrogens with two attached hydrogens (primary N) is 1. The van der Waals surface area contributed by atoms with Gasteiger partial charge in [-0.15, -0.1) is 0 Å². The molecule has 1 aromatic carbocycles. The van der Waals surface area contributed by atoms with Gasteiger partial charge in [-0.2, -0.15) is 0 Å². The SMILES string of the molecule is CCC(C(=O)Nc1cc(F)c(F)cc1F)C(N)=S. The van der Waals surface area contributed by atoms with Crippen molar-refractivity contribution in [2.24, 2.45) is 11.7 Å². The molecule has 0 aliphatic rings. The van der Waals surface area contributed by atoms with Crippen molar-refractivity contribution in [1.82, 2.24) is 0 Å². The van der Waals surface area contributed by atoms with E-state index < -0.39 is 35.0 Å². The Morgan fingerprint density at radius 3 is 2.39 bits per heavy atom. The van der Waals surface area contributed by atoms with Crippen LogP contribution in [0.1, 0.15) is 13.3 Å². The monoisotopic (exact) mass is 276 g/mol. The predicted octanol–water partition coefficient (Wildman–Crippen LogP) is 2.35. The van der Waals surface area contributed by atoms with Crippen LogP contribution in [0.3, 0.4) is 0 Å². The van der Waals surface area contributed by atoms with Crippen LogP contribution in [-0.4, -0.2) is 10.9 Å². The summed E-state index contributed by atoms with van der Waals surface area (Å²) >= 11 is 4.68. The number of hydrogen-bond donors (Lipinski definition) is 2. The highest BCUT2D eigenvalue weighted by atomic mass is 32.1. The van der Waals surface area contributed by atoms with Gasteiger partial charge in [-0.05, 0) is 6.42 Å². The minimum absolute atomic E-state index is 0.0435. The van der Waals surface area contributed by atoms with E-state index in [1.165, 1.54) is 0 Å². The standard InChI is InChI=1S/C11H11F3N2OS/c1-2-5(10(15)18)11(17)16-9-4-7(13)6(12)3-8(9)14/h3-5H,2H2,1H3,(H2,15,18)(H,16,17). The zero-order valence-corrected chi connectivity index (χ0v) is 10.3. The smallest absolute Gasteiger partial charge is 0.234 e. The second-order valence-corrected chi connectivity index (χ2v) is 4.07. The quantitative estimate of drug-likeness (QED) is 0.655. The molecular formula is C11H11F3N2OS. The Labute approximate surface area is 107 Å². The lowest BCUT2D eigenvalue weighted by Gasteiger charge is -2.13. The summed E-state index contributed by atoms with van der Waals surface area (Å²) in [6, 6.07) is 0.918. The fourth-order valence-electron chi connectivity index (χ4n) is 1.35. The van der Waals surface area contributed by atoms with Gasteiger partial charge in [0.05, 0.1) is 16.6 Å². The first-order chi connectivity index (χ1) is 8.36. The molecule has 98 valence electrons. The van der Waals surface area contributed by atoms with Gasteiger partial charge in [-0.1, -0.05) is 19.1 Å². The maximum absolute atomic E-state index is 13.3. The third-order valence-electron chi connectivity index (χ3n) is 2.34. The van der Waals surface area contributed by atoms with Gasteiger partial charge in [0.2, 0.25) is 5.91 Å². The summed E-state index contributed by atoms with van der Waals surface area (Å²) in [7, 11) is 0. The summed E-state index contributed by atoms with van der Waals surface area (Å²) < 4.78 is 38.9. The molecule has 0 spiro atoms. The minimum Gasteiger partial charge on any atom is -0.393 e. The van der Waals surface area contributed by atoms with E-state index in [0.29, 0.717) is 18.6 Å². The number of anilines is 1. The Bertz CT molecular complexity index is 493. The number of halogens is 3. The van der Waals surface area contributed by atoms with Crippen LogP contribution in [-0.2, 0) is 4.79 Å². The molecule has 1 atom stereocenters. The molecule has 3 N–H and O–H groups in total. The van der Waals surface area contributed by atoms with E-state index in [1.807, 2.05) is 0 Å². The molecule has 0 heterocycles. The molecular weight excluding hydrogens is 265 g/mol. The van der Waals surface area contributed by atoms with E-state index in [4.69, 9.17) is 5.73 Å². The van der Waals surface area contributed by atoms with E-state index in [-0.39, 0.29) is 4.99 Å². The molecule has 18 heavy (non-hydrogen) atoms. The Kier molecular flexibility index (Phi) is 4.66. The summed E-state index contributed by atoms with van der Waals surface area (Å²) in [5, 5.41) is 2.12. The average Bonchev–Trinajstić information content (AvgIpc) is 2.26. The number of carbonyl (C=O) groups excluding carboxylic acids is 1. The van der Waals surface area contributed by atoms with Crippen molar-refractivity contribution in [3.05, 3.63) is 29.6 Å². The Morgan fingerprint density at radius 1 is 1.33 bits per heavy atom. The van der Waals surface area contributed by atoms with Gasteiger partial charge in [-0.25, -0.2) is 13.2 Å². The molecule has 7 heteroatoms. The number of amides is 1. The first kappa shape index (κ1) is 14.4. The number of benzene rings is 1. The maximum atomic E-state index is 13.3. The van der Waals surface area contributed by atoms with Crippen molar-refractivity contribution >= 4 is 28.8 Å². The summed E-state index contributed by atoms with van der Waals surface area (Å²) in [4.78, 5) is 11.6. The molecule has 0 aromatic heterocycles. The Morgan fingerprint density at radius 2 is 1.89 bits per heavy atom. The normalized spacial score (nSPS) is 12.0. The van der Waals surface area contributed by atoms with Crippen LogP contribution in [0.25, 0.3) is 0 Å². The van der Waals surface area contributed by atoms with E-state index >= 15 is 0 Å². The lowest BCUT2D eigenvalue weighted by molar-refractivity contribution is -0.118. The van der Waals surface area contributed by atoms with Gasteiger partial charge >= 0.3 is 0 Å². The fraction of sp³-hybridized carbons (Fsp3) is 0.273. The Balaban J connectivity index is 2.94. The van der Waals surface area contributed by atoms with Crippen molar-refractivity contribution in [2.75, 3.05) is 5.32 Å². The van der Waals surface area contributed by atoms with Gasteiger partial charge < -0.3 is 11.1 Å². The summed E-state index contributed by atoms with van der Waals surface area (Å²) in [6.45, 7) is 1.67. The van der Waals surface area contributed by atoms with E-state index in [2.05, 4.69) is 17.5 Å². The second-order valence-electron chi connectivity index (χ2n) is 3.60. The topological polar surface area (TPSA) is 55.1 Å². The van der Waals surface area contributed by atoms with Crippen LogP contribution in [0.5, 0.6) is 0 Å². The number of thiocarbonyl (C=S) groups is 1. The average molecular weight is 276 g/mol. The van der Waals surface area contributed by atoms with Crippen LogP contribution in [0.15, 0.2) is 12.1 Å². The fourth-order valence-corrected chi connectivity index (χ4v) is 1.63. The zero-order chi connectivity index (χ0) is 13.9. The minimum atomic E-state index is -1.33. The summed E-state index contributed by atoms with van der Waals surface area (Å²) in [5.74, 6) is -5.09. The van der Waals surface area contributed by atoms with Gasteiger partial charge in [0, 0.05) is 12.1 Å². The van der Waals surface area contributed by atoms with Gasteiger partial charge in [-0.3, -0.25) is 4.79 Å². The third kappa shape index (κ3) is 3.19. The highest BCUT2D eigenvalue weighted by Gasteiger charge is 2.21. The van der Waals surface area contributed by atoms with E-state index in [0.717, 1.165) is 0 Å². The molecule has 1 unspecified atom stereocenters. The number of rotatable bonds is 4. The van der Waals surface area contributed by atoms with Gasteiger partial charge in [0.1, 0.15) is 5.82 Å². The third-order valence-corrected chi connectivity index (χ3v) is 2.62. The maximum Gasteiger partial charge on any atom is 0.234 e. The molecule has 3 nitrogen and oxygen atoms in total. The van der Waals surface area contributed by atoms with Crippen LogP contribution >= 0.6 is 12.2 Å². The Hall–Kier alpha value is -1.63. The first-order valence-electron chi connectivity index (χ1n) is 5.11. The number of hydrogen-bond acceptors (Lipinski definition) is 2. The number of carbonyl (C=O) groups is 1. The summed E-state index contributed by atoms with van der Waals surface area (Å²) in [6.07, 6.45) is 0.326. The highest BCUT2D eigenvalue weighted by molar-refractivity contribution is 7.80. The van der Waals surface area contributed by atoms with Crippen molar-refractivity contribution in [3.63, 3.8) is 0 Å². The predicted molar refractivity (Wildman–Crippen MR) is 65.5 cm³/mol. The molecule has 1 aromatic rings. The van der Waals surface area contributed by atoms with Crippen LogP contribution in [0.2, 0.25) is 0 Å². The summed E-state index contributed by atoms with van der Waals surface area (Å²) in [5.41, 5.74) is 4.89. The zero-order valence-electron chi connectivity index (χ0n) is 9.47. The van der Waals surface area contributed by atoms with Crippen molar-refractivity contribution in [2.45, 2.75) is 13.3 Å². The van der Waals surface area contributed by atoms with Crippen molar-refractivity contribution in [3.8, 4) is 0 Å². The van der Waals surface area contributed by atoms with Gasteiger partial charge in [0.15, 0.2) is 11.6 Å². The first-order valence-corrected chi connectivity index (χ1v) is 5.52. The molecule has 1 amide bonds. The molecule has 1 rings (SSSR count). The van der Waals surface area contributed by atoms with Crippen LogP contribution in [0, 0.1) is 23.4 Å². The molecule has 0 aliphatic heterocycles. The van der Waals surface area contributed by atoms with Crippen LogP contribution in [0.4, 0.5) is 18.9 Å². The lowest BCUT2D eigenvalue weighted by atomic mass is 10.1. The molecule has 0 aliphatic carbocycles. The van der Waals surface area contributed by atoms with E-state index in [1.54, 1.807) is 6.92 Å². The highest BCUT2D eigenvalue weighted by Crippen LogP contribution is 2.19. The molecule has 0 saturated heterocycles. The largest absolute Gasteiger partial charge is 0.393 e. The van der Waals surface area contributed by atoms with Crippen molar-refractivity contribution in [1.29, 1.82) is 0 Å². The van der Waals surface area contributed by atoms with Crippen molar-refractivity contribution < 1.29 is 18.0 Å². The number of nitrogens with one attached hydrogen (secondary N) is 1. The molecule has 0 radical (unpaired) electrons. The lowest BCUT2D eigenvalue weighted by Crippen LogP contribution is -2.33. The molecule has 0 bridgehead atoms. The van der Waals surface area contributed by atoms with Gasteiger partial charge in [0.25, 0.3) is 0 Å². The van der Waals surface area contributed by atoms with Crippen LogP contribution < -0.4 is 11.1 Å².